The van der Waals surface area contributed by atoms with E-state index in [0.29, 0.717) is 5.46 Å². The largest absolute Gasteiger partial charge is 0.488 e. The number of fused-ring (bicyclic) bond motifs is 1. The Kier molecular flexibility index (Phi) is 2.27. The predicted octanol–water partition coefficient (Wildman–Crippen LogP) is -0.195. The van der Waals surface area contributed by atoms with Gasteiger partial charge in [-0.15, -0.1) is 0 Å². The van der Waals surface area contributed by atoms with Gasteiger partial charge in [-0.1, -0.05) is 19.1 Å². The second-order valence-electron chi connectivity index (χ2n) is 3.21. The van der Waals surface area contributed by atoms with Gasteiger partial charge in [0, 0.05) is 11.1 Å². The van der Waals surface area contributed by atoms with Crippen LogP contribution in [0.4, 0.5) is 0 Å². The van der Waals surface area contributed by atoms with Crippen molar-refractivity contribution in [2.24, 2.45) is 0 Å². The Morgan fingerprint density at radius 1 is 1.43 bits per heavy atom. The van der Waals surface area contributed by atoms with Crippen molar-refractivity contribution >= 4 is 23.5 Å². The van der Waals surface area contributed by atoms with E-state index in [4.69, 9.17) is 10.0 Å². The van der Waals surface area contributed by atoms with Crippen LogP contribution in [0, 0.1) is 0 Å². The Labute approximate surface area is 81.7 Å². The van der Waals surface area contributed by atoms with Crippen molar-refractivity contribution < 1.29 is 10.0 Å². The highest BCUT2D eigenvalue weighted by molar-refractivity contribution is 6.58. The average molecular weight is 190 g/mol. The Morgan fingerprint density at radius 2 is 2.21 bits per heavy atom. The fourth-order valence-corrected chi connectivity index (χ4v) is 1.51. The second-order valence-corrected chi connectivity index (χ2v) is 3.21. The van der Waals surface area contributed by atoms with Crippen LogP contribution in [-0.4, -0.2) is 27.4 Å². The summed E-state index contributed by atoms with van der Waals surface area (Å²) in [5, 5.41) is 26.0. The summed E-state index contributed by atoms with van der Waals surface area (Å²) >= 11 is 0. The number of hydrogen-bond acceptors (Lipinski definition) is 3. The van der Waals surface area contributed by atoms with E-state index in [1.807, 2.05) is 13.0 Å². The first kappa shape index (κ1) is 9.24. The van der Waals surface area contributed by atoms with Gasteiger partial charge in [0.2, 0.25) is 0 Å². The SMILES string of the molecule is CCc1[nH]nc2cc(B(O)O)ccc12. The van der Waals surface area contributed by atoms with E-state index < -0.39 is 7.12 Å². The van der Waals surface area contributed by atoms with Crippen LogP contribution in [0.5, 0.6) is 0 Å². The smallest absolute Gasteiger partial charge is 0.423 e. The van der Waals surface area contributed by atoms with Gasteiger partial charge in [0.15, 0.2) is 0 Å². The first-order valence-electron chi connectivity index (χ1n) is 4.55. The van der Waals surface area contributed by atoms with Crippen molar-refractivity contribution in [2.45, 2.75) is 13.3 Å². The molecular formula is C9H11BN2O2. The van der Waals surface area contributed by atoms with Gasteiger partial charge < -0.3 is 10.0 Å². The molecule has 0 aliphatic rings. The van der Waals surface area contributed by atoms with E-state index >= 15 is 0 Å². The summed E-state index contributed by atoms with van der Waals surface area (Å²) in [4.78, 5) is 0. The van der Waals surface area contributed by atoms with Crippen LogP contribution in [-0.2, 0) is 6.42 Å². The topological polar surface area (TPSA) is 69.1 Å². The lowest BCUT2D eigenvalue weighted by Crippen LogP contribution is -2.29. The van der Waals surface area contributed by atoms with Gasteiger partial charge in [0.05, 0.1) is 5.52 Å². The molecular weight excluding hydrogens is 179 g/mol. The van der Waals surface area contributed by atoms with Gasteiger partial charge >= 0.3 is 7.12 Å². The van der Waals surface area contributed by atoms with Gasteiger partial charge in [-0.05, 0) is 17.9 Å². The van der Waals surface area contributed by atoms with Gasteiger partial charge in [-0.2, -0.15) is 5.10 Å². The molecule has 1 aromatic carbocycles. The van der Waals surface area contributed by atoms with Crippen LogP contribution in [0.15, 0.2) is 18.2 Å². The fourth-order valence-electron chi connectivity index (χ4n) is 1.51. The number of nitrogens with zero attached hydrogens (tertiary/aromatic N) is 1. The molecule has 0 fully saturated rings. The number of aromatic nitrogens is 2. The van der Waals surface area contributed by atoms with E-state index in [-0.39, 0.29) is 0 Å². The summed E-state index contributed by atoms with van der Waals surface area (Å²) in [7, 11) is -1.43. The Hall–Kier alpha value is -1.33. The summed E-state index contributed by atoms with van der Waals surface area (Å²) in [6.45, 7) is 2.04. The molecule has 0 bridgehead atoms. The predicted molar refractivity (Wildman–Crippen MR) is 55.3 cm³/mol. The first-order chi connectivity index (χ1) is 6.72. The third-order valence-corrected chi connectivity index (χ3v) is 2.31. The molecule has 0 radical (unpaired) electrons. The normalized spacial score (nSPS) is 10.8. The summed E-state index contributed by atoms with van der Waals surface area (Å²) in [5.41, 5.74) is 2.30. The van der Waals surface area contributed by atoms with Crippen molar-refractivity contribution in [3.63, 3.8) is 0 Å². The standard InChI is InChI=1S/C9H11BN2O2/c1-2-8-7-4-3-6(10(13)14)5-9(7)12-11-8/h3-5,13-14H,2H2,1H3,(H,11,12). The number of nitrogens with one attached hydrogen (secondary N) is 1. The van der Waals surface area contributed by atoms with E-state index in [9.17, 15) is 0 Å². The zero-order valence-corrected chi connectivity index (χ0v) is 7.86. The van der Waals surface area contributed by atoms with Crippen molar-refractivity contribution in [3.8, 4) is 0 Å². The molecule has 0 spiro atoms. The molecule has 0 aliphatic carbocycles. The molecule has 0 saturated heterocycles. The van der Waals surface area contributed by atoms with E-state index in [1.165, 1.54) is 0 Å². The lowest BCUT2D eigenvalue weighted by Gasteiger charge is -1.98. The third kappa shape index (κ3) is 1.40. The number of aromatic amines is 1. The summed E-state index contributed by atoms with van der Waals surface area (Å²) < 4.78 is 0. The molecule has 1 aromatic heterocycles. The highest BCUT2D eigenvalue weighted by Crippen LogP contribution is 2.14. The molecule has 0 atom stereocenters. The molecule has 4 nitrogen and oxygen atoms in total. The number of H-pyrrole nitrogens is 1. The maximum atomic E-state index is 8.96. The van der Waals surface area contributed by atoms with Crippen LogP contribution in [0.1, 0.15) is 12.6 Å². The van der Waals surface area contributed by atoms with Crippen LogP contribution < -0.4 is 5.46 Å². The monoisotopic (exact) mass is 190 g/mol. The van der Waals surface area contributed by atoms with Crippen molar-refractivity contribution in [3.05, 3.63) is 23.9 Å². The van der Waals surface area contributed by atoms with Gasteiger partial charge in [0.1, 0.15) is 0 Å². The van der Waals surface area contributed by atoms with Crippen LogP contribution in [0.2, 0.25) is 0 Å². The summed E-state index contributed by atoms with van der Waals surface area (Å²) in [6, 6.07) is 5.23. The molecule has 5 heteroatoms. The summed E-state index contributed by atoms with van der Waals surface area (Å²) in [5.74, 6) is 0. The van der Waals surface area contributed by atoms with Gasteiger partial charge in [-0.3, -0.25) is 5.10 Å². The molecule has 72 valence electrons. The molecule has 1 heterocycles. The number of rotatable bonds is 2. The zero-order valence-electron chi connectivity index (χ0n) is 7.86. The van der Waals surface area contributed by atoms with Crippen LogP contribution in [0.25, 0.3) is 10.9 Å². The minimum absolute atomic E-state index is 0.464. The lowest BCUT2D eigenvalue weighted by molar-refractivity contribution is 0.426. The molecule has 0 aliphatic heterocycles. The zero-order chi connectivity index (χ0) is 10.1. The molecule has 2 aromatic rings. The van der Waals surface area contributed by atoms with Gasteiger partial charge in [0.25, 0.3) is 0 Å². The molecule has 3 N–H and O–H groups in total. The van der Waals surface area contributed by atoms with E-state index in [2.05, 4.69) is 10.2 Å². The van der Waals surface area contributed by atoms with Gasteiger partial charge in [-0.25, -0.2) is 0 Å². The minimum atomic E-state index is -1.43. The average Bonchev–Trinajstić information content (AvgIpc) is 2.59. The molecule has 0 unspecified atom stereocenters. The first-order valence-corrected chi connectivity index (χ1v) is 4.55. The Morgan fingerprint density at radius 3 is 2.86 bits per heavy atom. The van der Waals surface area contributed by atoms with Crippen molar-refractivity contribution in [1.82, 2.24) is 10.2 Å². The minimum Gasteiger partial charge on any atom is -0.423 e. The molecule has 0 saturated carbocycles. The maximum absolute atomic E-state index is 8.96. The highest BCUT2D eigenvalue weighted by atomic mass is 16.4. The van der Waals surface area contributed by atoms with E-state index in [0.717, 1.165) is 23.0 Å². The van der Waals surface area contributed by atoms with Crippen LogP contribution >= 0.6 is 0 Å². The van der Waals surface area contributed by atoms with Crippen LogP contribution in [0.3, 0.4) is 0 Å². The fraction of sp³-hybridized carbons (Fsp3) is 0.222. The quantitative estimate of drug-likeness (QED) is 0.574. The Bertz CT molecular complexity index is 453. The van der Waals surface area contributed by atoms with Crippen molar-refractivity contribution in [1.29, 1.82) is 0 Å². The molecule has 0 amide bonds. The highest BCUT2D eigenvalue weighted by Gasteiger charge is 2.12. The second kappa shape index (κ2) is 3.44. The maximum Gasteiger partial charge on any atom is 0.488 e. The summed E-state index contributed by atoms with van der Waals surface area (Å²) in [6.07, 6.45) is 0.886. The Balaban J connectivity index is 2.57. The number of benzene rings is 1. The number of hydrogen-bond donors (Lipinski definition) is 3. The lowest BCUT2D eigenvalue weighted by atomic mass is 9.80. The van der Waals surface area contributed by atoms with Crippen molar-refractivity contribution in [2.75, 3.05) is 0 Å². The molecule has 2 rings (SSSR count). The van der Waals surface area contributed by atoms with E-state index in [1.54, 1.807) is 12.1 Å². The third-order valence-electron chi connectivity index (χ3n) is 2.31. The molecule has 14 heavy (non-hydrogen) atoms. The number of aryl methyl sites for hydroxylation is 1.